The fraction of sp³-hybridized carbons (Fsp3) is 1.00. The molecule has 2 rings (SSSR count). The summed E-state index contributed by atoms with van der Waals surface area (Å²) in [6.07, 6.45) is 7.82. The van der Waals surface area contributed by atoms with Crippen LogP contribution in [-0.2, 0) is 4.74 Å². The van der Waals surface area contributed by atoms with Gasteiger partial charge in [0.2, 0.25) is 0 Å². The highest BCUT2D eigenvalue weighted by Gasteiger charge is 2.34. The van der Waals surface area contributed by atoms with Crippen LogP contribution in [0.5, 0.6) is 0 Å². The summed E-state index contributed by atoms with van der Waals surface area (Å²) in [5.41, 5.74) is 0.467. The van der Waals surface area contributed by atoms with Crippen LogP contribution in [0.25, 0.3) is 0 Å². The normalized spacial score (nSPS) is 24.9. The maximum absolute atomic E-state index is 9.01. The highest BCUT2D eigenvalue weighted by molar-refractivity contribution is 4.88. The molecule has 21 heavy (non-hydrogen) atoms. The lowest BCUT2D eigenvalue weighted by Crippen LogP contribution is -2.49. The molecule has 0 bridgehead atoms. The first-order chi connectivity index (χ1) is 10.2. The molecule has 0 spiro atoms. The minimum atomic E-state index is 0.307. The molecular formula is C17H34N2O2. The van der Waals surface area contributed by atoms with E-state index in [-0.39, 0.29) is 0 Å². The number of hydrogen-bond donors (Lipinski definition) is 2. The van der Waals surface area contributed by atoms with Crippen molar-refractivity contribution in [2.75, 3.05) is 52.5 Å². The van der Waals surface area contributed by atoms with Gasteiger partial charge in [-0.25, -0.2) is 0 Å². The van der Waals surface area contributed by atoms with Gasteiger partial charge in [-0.3, -0.25) is 4.90 Å². The Labute approximate surface area is 130 Å². The quantitative estimate of drug-likeness (QED) is 0.718. The van der Waals surface area contributed by atoms with Crippen molar-refractivity contribution in [3.05, 3.63) is 0 Å². The van der Waals surface area contributed by atoms with E-state index in [4.69, 9.17) is 9.84 Å². The second kappa shape index (κ2) is 9.09. The highest BCUT2D eigenvalue weighted by Crippen LogP contribution is 2.36. The molecule has 1 unspecified atom stereocenters. The van der Waals surface area contributed by atoms with Crippen LogP contribution in [0.3, 0.4) is 0 Å². The molecule has 1 heterocycles. The number of ether oxygens (including phenoxy) is 1. The minimum Gasteiger partial charge on any atom is -0.396 e. The maximum Gasteiger partial charge on any atom is 0.0594 e. The molecule has 0 radical (unpaired) electrons. The number of rotatable bonds is 8. The van der Waals surface area contributed by atoms with Gasteiger partial charge in [-0.15, -0.1) is 0 Å². The number of hydrogen-bond acceptors (Lipinski definition) is 4. The van der Waals surface area contributed by atoms with Crippen LogP contribution in [0, 0.1) is 11.3 Å². The first-order valence-electron chi connectivity index (χ1n) is 8.86. The van der Waals surface area contributed by atoms with Gasteiger partial charge >= 0.3 is 0 Å². The van der Waals surface area contributed by atoms with Gasteiger partial charge in [0, 0.05) is 32.8 Å². The number of aliphatic hydroxyl groups is 1. The molecule has 1 aliphatic carbocycles. The van der Waals surface area contributed by atoms with Crippen LogP contribution >= 0.6 is 0 Å². The summed E-state index contributed by atoms with van der Waals surface area (Å²) in [6.45, 7) is 9.93. The van der Waals surface area contributed by atoms with Crippen LogP contribution < -0.4 is 5.32 Å². The third kappa shape index (κ3) is 5.85. The van der Waals surface area contributed by atoms with E-state index in [1.54, 1.807) is 0 Å². The van der Waals surface area contributed by atoms with Crippen LogP contribution in [-0.4, -0.2) is 62.6 Å². The smallest absolute Gasteiger partial charge is 0.0594 e. The van der Waals surface area contributed by atoms with E-state index in [2.05, 4.69) is 17.1 Å². The fourth-order valence-corrected chi connectivity index (χ4v) is 3.83. The second-order valence-corrected chi connectivity index (χ2v) is 7.20. The lowest BCUT2D eigenvalue weighted by Gasteiger charge is -2.42. The van der Waals surface area contributed by atoms with Gasteiger partial charge in [-0.05, 0) is 37.1 Å². The Morgan fingerprint density at radius 1 is 1.19 bits per heavy atom. The van der Waals surface area contributed by atoms with Gasteiger partial charge in [-0.2, -0.15) is 0 Å². The van der Waals surface area contributed by atoms with Crippen molar-refractivity contribution >= 4 is 0 Å². The van der Waals surface area contributed by atoms with Crippen molar-refractivity contribution in [1.82, 2.24) is 10.2 Å². The number of nitrogens with one attached hydrogen (secondary N) is 1. The third-order valence-corrected chi connectivity index (χ3v) is 5.19. The Morgan fingerprint density at radius 3 is 2.57 bits per heavy atom. The van der Waals surface area contributed by atoms with Gasteiger partial charge in [0.05, 0.1) is 13.2 Å². The summed E-state index contributed by atoms with van der Waals surface area (Å²) in [4.78, 5) is 2.60. The standard InChI is InChI=1S/C17H34N2O2/c1-16(5-10-20)13-18-14-17(6-3-2-4-7-17)15-19-8-11-21-12-9-19/h16,18,20H,2-15H2,1H3. The van der Waals surface area contributed by atoms with E-state index in [9.17, 15) is 0 Å². The van der Waals surface area contributed by atoms with E-state index in [0.29, 0.717) is 17.9 Å². The largest absolute Gasteiger partial charge is 0.396 e. The molecular weight excluding hydrogens is 264 g/mol. The molecule has 1 saturated heterocycles. The molecule has 2 N–H and O–H groups in total. The lowest BCUT2D eigenvalue weighted by molar-refractivity contribution is 0.00703. The molecule has 0 amide bonds. The van der Waals surface area contributed by atoms with Crippen molar-refractivity contribution in [3.63, 3.8) is 0 Å². The van der Waals surface area contributed by atoms with E-state index in [1.165, 1.54) is 38.6 Å². The zero-order valence-electron chi connectivity index (χ0n) is 13.8. The molecule has 0 aromatic heterocycles. The van der Waals surface area contributed by atoms with Gasteiger partial charge in [0.15, 0.2) is 0 Å². The molecule has 4 heteroatoms. The Morgan fingerprint density at radius 2 is 1.90 bits per heavy atom. The molecule has 4 nitrogen and oxygen atoms in total. The SMILES string of the molecule is CC(CCO)CNCC1(CN2CCOCC2)CCCCC1. The molecule has 1 saturated carbocycles. The Kier molecular flexibility index (Phi) is 7.44. The zero-order chi connectivity index (χ0) is 15.0. The van der Waals surface area contributed by atoms with Crippen LogP contribution in [0.1, 0.15) is 45.4 Å². The molecule has 0 aromatic carbocycles. The van der Waals surface area contributed by atoms with Crippen molar-refractivity contribution in [3.8, 4) is 0 Å². The lowest BCUT2D eigenvalue weighted by atomic mass is 9.73. The van der Waals surface area contributed by atoms with Crippen molar-refractivity contribution in [2.45, 2.75) is 45.4 Å². The average molecular weight is 298 g/mol. The Bertz CT molecular complexity index is 274. The second-order valence-electron chi connectivity index (χ2n) is 7.20. The van der Waals surface area contributed by atoms with Crippen molar-refractivity contribution < 1.29 is 9.84 Å². The number of morpholine rings is 1. The Hall–Kier alpha value is -0.160. The summed E-state index contributed by atoms with van der Waals surface area (Å²) in [5, 5.41) is 12.7. The van der Waals surface area contributed by atoms with Crippen LogP contribution in [0.4, 0.5) is 0 Å². The molecule has 124 valence electrons. The number of nitrogens with zero attached hydrogens (tertiary/aromatic N) is 1. The predicted molar refractivity (Wildman–Crippen MR) is 86.5 cm³/mol. The summed E-state index contributed by atoms with van der Waals surface area (Å²) in [6, 6.07) is 0. The summed E-state index contributed by atoms with van der Waals surface area (Å²) in [5.74, 6) is 0.569. The predicted octanol–water partition coefficient (Wildman–Crippen LogP) is 1.88. The average Bonchev–Trinajstić information content (AvgIpc) is 2.49. The van der Waals surface area contributed by atoms with E-state index in [1.807, 2.05) is 0 Å². The van der Waals surface area contributed by atoms with E-state index in [0.717, 1.165) is 45.8 Å². The molecule has 2 fully saturated rings. The molecule has 2 aliphatic rings. The number of aliphatic hydroxyl groups excluding tert-OH is 1. The van der Waals surface area contributed by atoms with Gasteiger partial charge < -0.3 is 15.2 Å². The van der Waals surface area contributed by atoms with Crippen LogP contribution in [0.15, 0.2) is 0 Å². The Balaban J connectivity index is 1.80. The van der Waals surface area contributed by atoms with E-state index >= 15 is 0 Å². The molecule has 1 aliphatic heterocycles. The first-order valence-corrected chi connectivity index (χ1v) is 8.86. The maximum atomic E-state index is 9.01. The fourth-order valence-electron chi connectivity index (χ4n) is 3.83. The minimum absolute atomic E-state index is 0.307. The first kappa shape index (κ1) is 17.2. The molecule has 0 aromatic rings. The summed E-state index contributed by atoms with van der Waals surface area (Å²) >= 11 is 0. The van der Waals surface area contributed by atoms with E-state index < -0.39 is 0 Å². The third-order valence-electron chi connectivity index (χ3n) is 5.19. The monoisotopic (exact) mass is 298 g/mol. The van der Waals surface area contributed by atoms with Crippen LogP contribution in [0.2, 0.25) is 0 Å². The molecule has 1 atom stereocenters. The van der Waals surface area contributed by atoms with Gasteiger partial charge in [0.1, 0.15) is 0 Å². The highest BCUT2D eigenvalue weighted by atomic mass is 16.5. The summed E-state index contributed by atoms with van der Waals surface area (Å²) < 4.78 is 5.48. The van der Waals surface area contributed by atoms with Crippen molar-refractivity contribution in [2.24, 2.45) is 11.3 Å². The summed E-state index contributed by atoms with van der Waals surface area (Å²) in [7, 11) is 0. The van der Waals surface area contributed by atoms with Crippen molar-refractivity contribution in [1.29, 1.82) is 0 Å². The van der Waals surface area contributed by atoms with Gasteiger partial charge in [0.25, 0.3) is 0 Å². The topological polar surface area (TPSA) is 44.7 Å². The zero-order valence-corrected chi connectivity index (χ0v) is 13.8. The van der Waals surface area contributed by atoms with Gasteiger partial charge in [-0.1, -0.05) is 26.2 Å².